The highest BCUT2D eigenvalue weighted by molar-refractivity contribution is 7.90. The Balaban J connectivity index is 3.45. The van der Waals surface area contributed by atoms with Gasteiger partial charge in [-0.2, -0.15) is 0 Å². The van der Waals surface area contributed by atoms with Crippen LogP contribution in [0.4, 0.5) is 0 Å². The number of rotatable bonds is 3. The molecule has 0 fully saturated rings. The second kappa shape index (κ2) is 4.08. The molecule has 4 nitrogen and oxygen atoms in total. The fraction of sp³-hybridized carbons (Fsp3) is 0.333. The summed E-state index contributed by atoms with van der Waals surface area (Å²) in [6.45, 7) is -0.668. The predicted octanol–water partition coefficient (Wildman–Crippen LogP) is 0.0747. The predicted molar refractivity (Wildman–Crippen MR) is 51.4 cm³/mol. The normalized spacial score (nSPS) is 11.6. The minimum Gasteiger partial charge on any atom is -0.392 e. The van der Waals surface area contributed by atoms with Crippen molar-refractivity contribution in [1.82, 2.24) is 0 Å². The lowest BCUT2D eigenvalue weighted by molar-refractivity contribution is 0.257. The Morgan fingerprint density at radius 2 is 1.86 bits per heavy atom. The molecular formula is C9H12O4S. The van der Waals surface area contributed by atoms with Gasteiger partial charge in [0.05, 0.1) is 18.1 Å². The average Bonchev–Trinajstić information content (AvgIpc) is 2.15. The topological polar surface area (TPSA) is 74.6 Å². The Morgan fingerprint density at radius 3 is 2.29 bits per heavy atom. The summed E-state index contributed by atoms with van der Waals surface area (Å²) in [5, 5.41) is 18.0. The summed E-state index contributed by atoms with van der Waals surface area (Å²) in [6, 6.07) is 4.54. The van der Waals surface area contributed by atoms with Gasteiger partial charge in [0.1, 0.15) is 0 Å². The second-order valence-corrected chi connectivity index (χ2v) is 4.97. The number of sulfone groups is 1. The van der Waals surface area contributed by atoms with Crippen molar-refractivity contribution in [3.05, 3.63) is 29.3 Å². The smallest absolute Gasteiger partial charge is 0.175 e. The van der Waals surface area contributed by atoms with Gasteiger partial charge in [-0.3, -0.25) is 0 Å². The van der Waals surface area contributed by atoms with E-state index in [0.717, 1.165) is 6.26 Å². The van der Waals surface area contributed by atoms with Crippen LogP contribution in [-0.4, -0.2) is 24.9 Å². The Bertz CT molecular complexity index is 422. The van der Waals surface area contributed by atoms with Gasteiger partial charge in [-0.05, 0) is 11.6 Å². The second-order valence-electron chi connectivity index (χ2n) is 2.98. The van der Waals surface area contributed by atoms with E-state index in [1.54, 1.807) is 12.1 Å². The van der Waals surface area contributed by atoms with Gasteiger partial charge in [-0.15, -0.1) is 0 Å². The van der Waals surface area contributed by atoms with Crippen LogP contribution in [0, 0.1) is 0 Å². The lowest BCUT2D eigenvalue weighted by Crippen LogP contribution is -2.05. The van der Waals surface area contributed by atoms with Gasteiger partial charge in [0, 0.05) is 11.8 Å². The van der Waals surface area contributed by atoms with Gasteiger partial charge < -0.3 is 10.2 Å². The van der Waals surface area contributed by atoms with Crippen LogP contribution < -0.4 is 0 Å². The molecule has 0 radical (unpaired) electrons. The standard InChI is InChI=1S/C9H12O4S/c1-14(12,13)9-4-2-3-7(5-10)8(9)6-11/h2-4,10-11H,5-6H2,1H3. The van der Waals surface area contributed by atoms with Gasteiger partial charge in [-0.1, -0.05) is 12.1 Å². The molecule has 0 spiro atoms. The van der Waals surface area contributed by atoms with Crippen LogP contribution >= 0.6 is 0 Å². The third-order valence-corrected chi connectivity index (χ3v) is 3.14. The van der Waals surface area contributed by atoms with Crippen LogP contribution in [0.2, 0.25) is 0 Å². The Labute approximate surface area is 82.7 Å². The first kappa shape index (κ1) is 11.2. The summed E-state index contributed by atoms with van der Waals surface area (Å²) < 4.78 is 22.6. The van der Waals surface area contributed by atoms with E-state index in [-0.39, 0.29) is 23.7 Å². The van der Waals surface area contributed by atoms with E-state index in [1.807, 2.05) is 0 Å². The van der Waals surface area contributed by atoms with Crippen molar-refractivity contribution in [2.24, 2.45) is 0 Å². The largest absolute Gasteiger partial charge is 0.392 e. The van der Waals surface area contributed by atoms with Gasteiger partial charge in [-0.25, -0.2) is 8.42 Å². The molecule has 5 heteroatoms. The van der Waals surface area contributed by atoms with Crippen molar-refractivity contribution < 1.29 is 18.6 Å². The maximum Gasteiger partial charge on any atom is 0.175 e. The Kier molecular flexibility index (Phi) is 3.25. The first-order valence-corrected chi connectivity index (χ1v) is 5.92. The highest BCUT2D eigenvalue weighted by atomic mass is 32.2. The summed E-state index contributed by atoms with van der Waals surface area (Å²) in [6.07, 6.45) is 1.07. The molecule has 0 aliphatic rings. The van der Waals surface area contributed by atoms with Crippen molar-refractivity contribution >= 4 is 9.84 Å². The van der Waals surface area contributed by atoms with Crippen molar-refractivity contribution in [3.8, 4) is 0 Å². The molecule has 0 atom stereocenters. The SMILES string of the molecule is CS(=O)(=O)c1cccc(CO)c1CO. The van der Waals surface area contributed by atoms with Crippen molar-refractivity contribution in [2.45, 2.75) is 18.1 Å². The molecule has 0 aromatic heterocycles. The zero-order chi connectivity index (χ0) is 10.8. The number of hydrogen-bond acceptors (Lipinski definition) is 4. The Hall–Kier alpha value is -0.910. The molecular weight excluding hydrogens is 204 g/mol. The van der Waals surface area contributed by atoms with Gasteiger partial charge in [0.15, 0.2) is 9.84 Å². The van der Waals surface area contributed by atoms with Crippen LogP contribution in [0.15, 0.2) is 23.1 Å². The Morgan fingerprint density at radius 1 is 1.21 bits per heavy atom. The minimum absolute atomic E-state index is 0.0755. The minimum atomic E-state index is -3.35. The van der Waals surface area contributed by atoms with Gasteiger partial charge >= 0.3 is 0 Å². The molecule has 0 heterocycles. The lowest BCUT2D eigenvalue weighted by Gasteiger charge is -2.09. The molecule has 2 N–H and O–H groups in total. The summed E-state index contributed by atoms with van der Waals surface area (Å²) >= 11 is 0. The molecule has 0 bridgehead atoms. The summed E-state index contributed by atoms with van der Waals surface area (Å²) in [5.41, 5.74) is 0.716. The van der Waals surface area contributed by atoms with E-state index >= 15 is 0 Å². The molecule has 0 saturated heterocycles. The van der Waals surface area contributed by atoms with E-state index in [0.29, 0.717) is 5.56 Å². The van der Waals surface area contributed by atoms with E-state index < -0.39 is 9.84 Å². The molecule has 1 aromatic rings. The maximum atomic E-state index is 11.3. The molecule has 0 saturated carbocycles. The zero-order valence-corrected chi connectivity index (χ0v) is 8.58. The van der Waals surface area contributed by atoms with Crippen molar-refractivity contribution in [2.75, 3.05) is 6.26 Å². The molecule has 1 rings (SSSR count). The van der Waals surface area contributed by atoms with Crippen LogP contribution in [-0.2, 0) is 23.1 Å². The first-order valence-electron chi connectivity index (χ1n) is 4.03. The summed E-state index contributed by atoms with van der Waals surface area (Å²) in [5.74, 6) is 0. The van der Waals surface area contributed by atoms with Gasteiger partial charge in [0.25, 0.3) is 0 Å². The first-order chi connectivity index (χ1) is 6.50. The van der Waals surface area contributed by atoms with Crippen LogP contribution in [0.25, 0.3) is 0 Å². The highest BCUT2D eigenvalue weighted by Gasteiger charge is 2.14. The van der Waals surface area contributed by atoms with E-state index in [4.69, 9.17) is 10.2 Å². The number of aliphatic hydroxyl groups is 2. The summed E-state index contributed by atoms with van der Waals surface area (Å²) in [7, 11) is -3.35. The molecule has 1 aromatic carbocycles. The monoisotopic (exact) mass is 216 g/mol. The number of benzene rings is 1. The van der Waals surface area contributed by atoms with Crippen LogP contribution in [0.5, 0.6) is 0 Å². The third-order valence-electron chi connectivity index (χ3n) is 1.96. The molecule has 78 valence electrons. The molecule has 14 heavy (non-hydrogen) atoms. The lowest BCUT2D eigenvalue weighted by atomic mass is 10.1. The average molecular weight is 216 g/mol. The summed E-state index contributed by atoms with van der Waals surface area (Å²) in [4.78, 5) is 0.0755. The number of aliphatic hydroxyl groups excluding tert-OH is 2. The molecule has 0 aliphatic heterocycles. The quantitative estimate of drug-likeness (QED) is 0.750. The fourth-order valence-electron chi connectivity index (χ4n) is 1.29. The van der Waals surface area contributed by atoms with Crippen LogP contribution in [0.3, 0.4) is 0 Å². The fourth-order valence-corrected chi connectivity index (χ4v) is 2.26. The molecule has 0 amide bonds. The third kappa shape index (κ3) is 2.12. The van der Waals surface area contributed by atoms with E-state index in [1.165, 1.54) is 6.07 Å². The van der Waals surface area contributed by atoms with Crippen LogP contribution in [0.1, 0.15) is 11.1 Å². The molecule has 0 unspecified atom stereocenters. The number of hydrogen-bond donors (Lipinski definition) is 2. The molecule has 0 aliphatic carbocycles. The highest BCUT2D eigenvalue weighted by Crippen LogP contribution is 2.19. The van der Waals surface area contributed by atoms with Crippen molar-refractivity contribution in [1.29, 1.82) is 0 Å². The zero-order valence-electron chi connectivity index (χ0n) is 7.77. The van der Waals surface area contributed by atoms with Gasteiger partial charge in [0.2, 0.25) is 0 Å². The van der Waals surface area contributed by atoms with E-state index in [9.17, 15) is 8.42 Å². The maximum absolute atomic E-state index is 11.3. The van der Waals surface area contributed by atoms with E-state index in [2.05, 4.69) is 0 Å². The van der Waals surface area contributed by atoms with Crippen molar-refractivity contribution in [3.63, 3.8) is 0 Å².